The van der Waals surface area contributed by atoms with Gasteiger partial charge in [-0.25, -0.2) is 9.97 Å². The summed E-state index contributed by atoms with van der Waals surface area (Å²) >= 11 is 0. The molecular weight excluding hydrogens is 1100 g/mol. The van der Waals surface area contributed by atoms with E-state index in [0.717, 1.165) is 4.90 Å². The van der Waals surface area contributed by atoms with Gasteiger partial charge in [0.25, 0.3) is 35.4 Å². The van der Waals surface area contributed by atoms with E-state index in [0.29, 0.717) is 63.5 Å². The van der Waals surface area contributed by atoms with Crippen molar-refractivity contribution in [3.05, 3.63) is 124 Å². The number of benzene rings is 3. The zero-order valence-corrected chi connectivity index (χ0v) is 47.1. The lowest BCUT2D eigenvalue weighted by molar-refractivity contribution is -0.136. The van der Waals surface area contributed by atoms with Gasteiger partial charge in [0.1, 0.15) is 23.2 Å². The van der Waals surface area contributed by atoms with E-state index in [1.165, 1.54) is 18.2 Å². The van der Waals surface area contributed by atoms with Crippen molar-refractivity contribution in [3.8, 4) is 5.75 Å². The Bertz CT molecular complexity index is 3780. The fraction of sp³-hybridized carbons (Fsp3) is 0.351. The van der Waals surface area contributed by atoms with Crippen LogP contribution in [-0.4, -0.2) is 162 Å². The lowest BCUT2D eigenvalue weighted by atomic mass is 10.0. The molecule has 0 saturated carbocycles. The van der Waals surface area contributed by atoms with Crippen LogP contribution in [0.3, 0.4) is 0 Å². The van der Waals surface area contributed by atoms with Crippen molar-refractivity contribution in [1.29, 1.82) is 0 Å². The number of allylic oxidation sites excluding steroid dienone is 2. The summed E-state index contributed by atoms with van der Waals surface area (Å²) in [6.07, 6.45) is 3.72. The monoisotopic (exact) mass is 1170 g/mol. The van der Waals surface area contributed by atoms with E-state index >= 15 is 0 Å². The summed E-state index contributed by atoms with van der Waals surface area (Å²) < 4.78 is 29.1. The van der Waals surface area contributed by atoms with Gasteiger partial charge >= 0.3 is 0 Å². The van der Waals surface area contributed by atoms with Crippen LogP contribution in [0.4, 0.5) is 11.9 Å². The predicted octanol–water partition coefficient (Wildman–Crippen LogP) is 2.67. The topological polar surface area (TPSA) is 351 Å². The summed E-state index contributed by atoms with van der Waals surface area (Å²) in [4.78, 5) is 126. The van der Waals surface area contributed by atoms with Crippen molar-refractivity contribution in [3.63, 3.8) is 0 Å². The molecule has 0 spiro atoms. The molecule has 1 saturated heterocycles. The maximum absolute atomic E-state index is 13.7. The molecule has 0 radical (unpaired) electrons. The second-order valence-electron chi connectivity index (χ2n) is 19.6. The summed E-state index contributed by atoms with van der Waals surface area (Å²) in [5.74, 6) is -4.52. The number of rotatable bonds is 28. The highest BCUT2D eigenvalue weighted by molar-refractivity contribution is 6.24. The third-order valence-corrected chi connectivity index (χ3v) is 13.7. The molecule has 28 nitrogen and oxygen atoms in total. The Balaban J connectivity index is 0.722. The molecule has 2 aliphatic rings. The molecular formula is C57H63N15O13. The zero-order chi connectivity index (χ0) is 60.3. The molecule has 444 valence electrons. The maximum atomic E-state index is 13.7. The number of aromatic nitrogens is 8. The minimum Gasteiger partial charge on any atom is -0.483 e. The van der Waals surface area contributed by atoms with Crippen LogP contribution in [-0.2, 0) is 54.8 Å². The quantitative estimate of drug-likeness (QED) is 0.0233. The van der Waals surface area contributed by atoms with E-state index < -0.39 is 59.9 Å². The van der Waals surface area contributed by atoms with E-state index in [2.05, 4.69) is 41.8 Å². The minimum absolute atomic E-state index is 0.00698. The first-order chi connectivity index (χ1) is 41.0. The second-order valence-corrected chi connectivity index (χ2v) is 19.6. The van der Waals surface area contributed by atoms with Crippen LogP contribution >= 0.6 is 0 Å². The van der Waals surface area contributed by atoms with Crippen LogP contribution in [0.1, 0.15) is 100 Å². The molecule has 1 unspecified atom stereocenters. The first-order valence-corrected chi connectivity index (χ1v) is 27.5. The number of hydrogen-bond acceptors (Lipinski definition) is 17. The molecule has 3 aromatic carbocycles. The minimum atomic E-state index is -1.13. The normalized spacial score (nSPS) is 14.1. The lowest BCUT2D eigenvalue weighted by Crippen LogP contribution is -2.54. The largest absolute Gasteiger partial charge is 0.483 e. The van der Waals surface area contributed by atoms with Gasteiger partial charge in [-0.1, -0.05) is 18.2 Å². The number of anilines is 2. The molecule has 0 aliphatic carbocycles. The molecule has 0 bridgehead atoms. The first kappa shape index (κ1) is 59.7. The first-order valence-electron chi connectivity index (χ1n) is 27.5. The second kappa shape index (κ2) is 27.0. The number of carbonyl (C=O) groups excluding carboxylic acids is 9. The number of nitrogens with two attached hydrogens (primary N) is 1. The van der Waals surface area contributed by atoms with Crippen molar-refractivity contribution < 1.29 is 62.1 Å². The molecule has 28 heteroatoms. The molecule has 7 aromatic rings. The Hall–Kier alpha value is -9.93. The molecule has 9 amide bonds. The number of hydrogen-bond donors (Lipinski definition) is 6. The number of carbonyl (C=O) groups is 9. The van der Waals surface area contributed by atoms with Gasteiger partial charge in [-0.15, -0.1) is 0 Å². The van der Waals surface area contributed by atoms with Crippen molar-refractivity contribution in [1.82, 2.24) is 59.5 Å². The molecule has 2 aliphatic heterocycles. The van der Waals surface area contributed by atoms with E-state index in [4.69, 9.17) is 29.7 Å². The van der Waals surface area contributed by atoms with E-state index in [9.17, 15) is 43.2 Å². The van der Waals surface area contributed by atoms with Crippen LogP contribution in [0, 0.1) is 13.8 Å². The third-order valence-electron chi connectivity index (χ3n) is 13.7. The van der Waals surface area contributed by atoms with Crippen LogP contribution in [0.5, 0.6) is 5.75 Å². The van der Waals surface area contributed by atoms with E-state index in [-0.39, 0.29) is 119 Å². The van der Waals surface area contributed by atoms with Crippen molar-refractivity contribution in [2.75, 3.05) is 70.0 Å². The standard InChI is InChI=1S/C57H63N15O13/c1-5-70-43(28-33(3)66-70)52(78)64-56-61-38-30-35(49(58)75)12-14-40(38)68(56)20-7-8-21-69-41-15-13-36(31-39(41)62-57(69)65-53(79)44-29-34(4)67-71(44)6-2)50(76)60-19-23-83-25-27-84-26-24-82-22-18-59-47(74)32-85-45-11-9-10-37-48(45)55(81)72(54(37)80)42-16-17-46(73)63-51(42)77/h7-15,28-31,42H,5-6,16-27,32H2,1-4H3,(H2,58,75)(H,59,74)(H,60,76)(H,61,64,78)(H,62,65,79)(H,63,73,77)/b8-7+. The number of imidazole rings is 2. The van der Waals surface area contributed by atoms with Crippen LogP contribution in [0.2, 0.25) is 0 Å². The van der Waals surface area contributed by atoms with Crippen molar-refractivity contribution in [2.45, 2.75) is 72.8 Å². The van der Waals surface area contributed by atoms with Gasteiger partial charge in [-0.3, -0.25) is 73.4 Å². The van der Waals surface area contributed by atoms with E-state index in [1.54, 1.807) is 80.9 Å². The van der Waals surface area contributed by atoms with E-state index in [1.807, 2.05) is 26.0 Å². The summed E-state index contributed by atoms with van der Waals surface area (Å²) in [6, 6.07) is 16.5. The highest BCUT2D eigenvalue weighted by Crippen LogP contribution is 2.34. The molecule has 9 rings (SSSR count). The predicted molar refractivity (Wildman–Crippen MR) is 305 cm³/mol. The molecule has 7 N–H and O–H groups in total. The van der Waals surface area contributed by atoms with Crippen molar-refractivity contribution >= 4 is 87.1 Å². The van der Waals surface area contributed by atoms with Crippen LogP contribution in [0.15, 0.2) is 78.9 Å². The Morgan fingerprint density at radius 1 is 0.671 bits per heavy atom. The average molecular weight is 1170 g/mol. The summed E-state index contributed by atoms with van der Waals surface area (Å²) in [5, 5.41) is 22.3. The number of primary amides is 1. The smallest absolute Gasteiger partial charge is 0.276 e. The number of aryl methyl sites for hydroxylation is 4. The Kier molecular flexibility index (Phi) is 18.9. The Labute approximate surface area is 485 Å². The number of nitrogens with one attached hydrogen (secondary N) is 5. The van der Waals surface area contributed by atoms with Gasteiger partial charge in [-0.2, -0.15) is 10.2 Å². The SMILES string of the molecule is CCn1nc(C)cc1C(=O)Nc1nc2cc(C(N)=O)ccc2n1C/C=C/Cn1c(NC(=O)c2cc(C)nn2CC)nc2cc(C(=O)NCCOCCOCCOCCNC(=O)COc3cccc4c3C(=O)N(C3CCC(=O)NC3=O)C4=O)ccc21. The summed E-state index contributed by atoms with van der Waals surface area (Å²) in [5.41, 5.74) is 10.3. The molecule has 1 atom stereocenters. The molecule has 6 heterocycles. The van der Waals surface area contributed by atoms with Gasteiger partial charge in [-0.05, 0) is 94.8 Å². The number of piperidine rings is 1. The maximum Gasteiger partial charge on any atom is 0.276 e. The summed E-state index contributed by atoms with van der Waals surface area (Å²) in [6.45, 7) is 10.0. The van der Waals surface area contributed by atoms with Gasteiger partial charge in [0.05, 0.1) is 84.2 Å². The molecule has 1 fully saturated rings. The lowest BCUT2D eigenvalue weighted by Gasteiger charge is -2.27. The number of ether oxygens (including phenoxy) is 4. The zero-order valence-electron chi connectivity index (χ0n) is 47.1. The highest BCUT2D eigenvalue weighted by Gasteiger charge is 2.46. The fourth-order valence-electron chi connectivity index (χ4n) is 9.69. The Morgan fingerprint density at radius 3 is 1.76 bits per heavy atom. The number of fused-ring (bicyclic) bond motifs is 3. The fourth-order valence-corrected chi connectivity index (χ4v) is 9.69. The Morgan fingerprint density at radius 2 is 1.21 bits per heavy atom. The molecule has 85 heavy (non-hydrogen) atoms. The van der Waals surface area contributed by atoms with Gasteiger partial charge in [0, 0.05) is 56.8 Å². The van der Waals surface area contributed by atoms with Gasteiger partial charge < -0.3 is 44.4 Å². The third kappa shape index (κ3) is 13.8. The number of amides is 9. The highest BCUT2D eigenvalue weighted by atomic mass is 16.5. The molecule has 4 aromatic heterocycles. The van der Waals surface area contributed by atoms with Crippen molar-refractivity contribution in [2.24, 2.45) is 5.73 Å². The van der Waals surface area contributed by atoms with Crippen LogP contribution in [0.25, 0.3) is 22.1 Å². The van der Waals surface area contributed by atoms with Gasteiger partial charge in [0.2, 0.25) is 29.6 Å². The number of imide groups is 2. The van der Waals surface area contributed by atoms with Gasteiger partial charge in [0.15, 0.2) is 6.61 Å². The summed E-state index contributed by atoms with van der Waals surface area (Å²) in [7, 11) is 0. The average Bonchev–Trinajstić information content (AvgIpc) is 3.49. The number of nitrogens with zero attached hydrogens (tertiary/aromatic N) is 9. The van der Waals surface area contributed by atoms with Crippen LogP contribution < -0.4 is 37.1 Å².